The standard InChI is InChI=1S/C49H30N4/c1-2-12-34(13-3-1)51-42-19-9-8-18-39(42)41-28-31(23-25-45(41)51)32-26-27-50-47(30-32)53-44-21-11-7-17-38(44)40-24-22-33-29-46-37-16-5-4-14-35(37)36-15-6-10-20-43(36)52(46)48(33)49(40)53/h1-30H. The predicted octanol–water partition coefficient (Wildman–Crippen LogP) is 12.7. The van der Waals surface area contributed by atoms with Crippen LogP contribution in [0.3, 0.4) is 0 Å². The number of rotatable bonds is 3. The van der Waals surface area contributed by atoms with E-state index in [0.29, 0.717) is 0 Å². The normalized spacial score (nSPS) is 12.2. The van der Waals surface area contributed by atoms with Crippen LogP contribution in [0.15, 0.2) is 182 Å². The van der Waals surface area contributed by atoms with Crippen molar-refractivity contribution < 1.29 is 0 Å². The van der Waals surface area contributed by atoms with Gasteiger partial charge in [0, 0.05) is 49.6 Å². The van der Waals surface area contributed by atoms with Crippen LogP contribution in [0.5, 0.6) is 0 Å². The first kappa shape index (κ1) is 28.5. The molecule has 0 saturated carbocycles. The molecule has 53 heavy (non-hydrogen) atoms. The summed E-state index contributed by atoms with van der Waals surface area (Å²) >= 11 is 0. The molecular weight excluding hydrogens is 645 g/mol. The molecule has 0 aliphatic heterocycles. The number of nitrogens with zero attached hydrogens (tertiary/aromatic N) is 4. The van der Waals surface area contributed by atoms with Gasteiger partial charge in [-0.2, -0.15) is 0 Å². The van der Waals surface area contributed by atoms with Gasteiger partial charge in [0.15, 0.2) is 0 Å². The van der Waals surface area contributed by atoms with E-state index in [9.17, 15) is 0 Å². The summed E-state index contributed by atoms with van der Waals surface area (Å²) in [6, 6.07) is 63.8. The molecule has 0 saturated heterocycles. The lowest BCUT2D eigenvalue weighted by Crippen LogP contribution is -1.99. The van der Waals surface area contributed by atoms with Crippen molar-refractivity contribution in [1.29, 1.82) is 0 Å². The minimum atomic E-state index is 0.896. The van der Waals surface area contributed by atoms with Crippen LogP contribution in [0.4, 0.5) is 0 Å². The molecule has 12 rings (SSSR count). The Hall–Kier alpha value is -7.17. The number of fused-ring (bicyclic) bond motifs is 15. The van der Waals surface area contributed by atoms with Gasteiger partial charge in [0.25, 0.3) is 0 Å². The predicted molar refractivity (Wildman–Crippen MR) is 222 cm³/mol. The Morgan fingerprint density at radius 1 is 0.340 bits per heavy atom. The van der Waals surface area contributed by atoms with Crippen molar-refractivity contribution in [2.24, 2.45) is 0 Å². The van der Waals surface area contributed by atoms with E-state index in [0.717, 1.165) is 33.7 Å². The summed E-state index contributed by atoms with van der Waals surface area (Å²) in [6.07, 6.45) is 1.96. The number of aromatic nitrogens is 4. The summed E-state index contributed by atoms with van der Waals surface area (Å²) in [4.78, 5) is 5.10. The molecule has 12 aromatic rings. The van der Waals surface area contributed by atoms with E-state index in [1.165, 1.54) is 70.7 Å². The molecule has 7 aromatic carbocycles. The molecule has 0 bridgehead atoms. The van der Waals surface area contributed by atoms with Crippen molar-refractivity contribution in [2.45, 2.75) is 0 Å². The Labute approximate surface area is 304 Å². The maximum absolute atomic E-state index is 5.10. The van der Waals surface area contributed by atoms with Gasteiger partial charge in [-0.05, 0) is 77.2 Å². The second-order valence-electron chi connectivity index (χ2n) is 14.0. The maximum Gasteiger partial charge on any atom is 0.138 e. The summed E-state index contributed by atoms with van der Waals surface area (Å²) in [5.41, 5.74) is 11.8. The van der Waals surface area contributed by atoms with Crippen LogP contribution in [0.2, 0.25) is 0 Å². The van der Waals surface area contributed by atoms with Gasteiger partial charge >= 0.3 is 0 Å². The first-order valence-corrected chi connectivity index (χ1v) is 18.1. The fraction of sp³-hybridized carbons (Fsp3) is 0. The zero-order valence-electron chi connectivity index (χ0n) is 28.6. The highest BCUT2D eigenvalue weighted by atomic mass is 15.1. The number of hydrogen-bond acceptors (Lipinski definition) is 1. The third kappa shape index (κ3) is 3.92. The lowest BCUT2D eigenvalue weighted by molar-refractivity contribution is 1.08. The number of hydrogen-bond donors (Lipinski definition) is 0. The fourth-order valence-corrected chi connectivity index (χ4v) is 8.99. The highest BCUT2D eigenvalue weighted by Gasteiger charge is 2.21. The van der Waals surface area contributed by atoms with Gasteiger partial charge in [0.2, 0.25) is 0 Å². The largest absolute Gasteiger partial charge is 0.309 e. The van der Waals surface area contributed by atoms with E-state index >= 15 is 0 Å². The lowest BCUT2D eigenvalue weighted by atomic mass is 10.0. The van der Waals surface area contributed by atoms with Crippen molar-refractivity contribution in [3.8, 4) is 22.6 Å². The van der Waals surface area contributed by atoms with E-state index in [-0.39, 0.29) is 0 Å². The van der Waals surface area contributed by atoms with Crippen LogP contribution in [0, 0.1) is 0 Å². The van der Waals surface area contributed by atoms with Crippen molar-refractivity contribution in [1.82, 2.24) is 18.5 Å². The average Bonchev–Trinajstić information content (AvgIpc) is 3.89. The topological polar surface area (TPSA) is 27.2 Å². The summed E-state index contributed by atoms with van der Waals surface area (Å²) in [7, 11) is 0. The first-order chi connectivity index (χ1) is 26.3. The second kappa shape index (κ2) is 10.7. The third-order valence-electron chi connectivity index (χ3n) is 11.2. The molecule has 0 atom stereocenters. The van der Waals surface area contributed by atoms with Gasteiger partial charge in [-0.15, -0.1) is 0 Å². The van der Waals surface area contributed by atoms with E-state index in [4.69, 9.17) is 4.98 Å². The summed E-state index contributed by atoms with van der Waals surface area (Å²) in [5, 5.41) is 9.89. The molecular formula is C49H30N4. The smallest absolute Gasteiger partial charge is 0.138 e. The Balaban J connectivity index is 1.14. The average molecular weight is 675 g/mol. The van der Waals surface area contributed by atoms with Crippen LogP contribution in [-0.2, 0) is 0 Å². The van der Waals surface area contributed by atoms with E-state index in [1.807, 2.05) is 6.20 Å². The van der Waals surface area contributed by atoms with E-state index in [1.54, 1.807) is 0 Å². The molecule has 0 unspecified atom stereocenters. The molecule has 5 aromatic heterocycles. The minimum absolute atomic E-state index is 0.896. The molecule has 0 amide bonds. The Morgan fingerprint density at radius 3 is 1.70 bits per heavy atom. The molecule has 0 N–H and O–H groups in total. The van der Waals surface area contributed by atoms with Crippen LogP contribution >= 0.6 is 0 Å². The van der Waals surface area contributed by atoms with Gasteiger partial charge < -0.3 is 8.97 Å². The van der Waals surface area contributed by atoms with Gasteiger partial charge in [-0.25, -0.2) is 4.98 Å². The van der Waals surface area contributed by atoms with Crippen molar-refractivity contribution in [3.05, 3.63) is 182 Å². The summed E-state index contributed by atoms with van der Waals surface area (Å²) in [5.74, 6) is 0.896. The van der Waals surface area contributed by atoms with Gasteiger partial charge in [-0.3, -0.25) is 4.57 Å². The first-order valence-electron chi connectivity index (χ1n) is 18.1. The summed E-state index contributed by atoms with van der Waals surface area (Å²) in [6.45, 7) is 0. The highest BCUT2D eigenvalue weighted by molar-refractivity contribution is 6.22. The Kier molecular flexibility index (Phi) is 5.74. The molecule has 4 heteroatoms. The Morgan fingerprint density at radius 2 is 0.925 bits per heavy atom. The van der Waals surface area contributed by atoms with Crippen LogP contribution in [0.1, 0.15) is 0 Å². The monoisotopic (exact) mass is 674 g/mol. The highest BCUT2D eigenvalue weighted by Crippen LogP contribution is 2.41. The number of para-hydroxylation sites is 4. The molecule has 0 spiro atoms. The van der Waals surface area contributed by atoms with Crippen LogP contribution in [-0.4, -0.2) is 18.5 Å². The van der Waals surface area contributed by atoms with Crippen LogP contribution in [0.25, 0.3) is 104 Å². The van der Waals surface area contributed by atoms with Crippen LogP contribution < -0.4 is 0 Å². The van der Waals surface area contributed by atoms with Gasteiger partial charge in [0.05, 0.1) is 38.6 Å². The van der Waals surface area contributed by atoms with Crippen molar-refractivity contribution in [3.63, 3.8) is 0 Å². The quantitative estimate of drug-likeness (QED) is 0.171. The van der Waals surface area contributed by atoms with E-state index < -0.39 is 0 Å². The molecule has 4 nitrogen and oxygen atoms in total. The molecule has 0 aliphatic rings. The fourth-order valence-electron chi connectivity index (χ4n) is 8.99. The van der Waals surface area contributed by atoms with Gasteiger partial charge in [-0.1, -0.05) is 115 Å². The zero-order chi connectivity index (χ0) is 34.6. The number of benzene rings is 7. The summed E-state index contributed by atoms with van der Waals surface area (Å²) < 4.78 is 7.22. The molecule has 0 fully saturated rings. The molecule has 0 aliphatic carbocycles. The maximum atomic E-state index is 5.10. The zero-order valence-corrected chi connectivity index (χ0v) is 28.6. The van der Waals surface area contributed by atoms with Gasteiger partial charge in [0.1, 0.15) is 5.82 Å². The van der Waals surface area contributed by atoms with Crippen molar-refractivity contribution in [2.75, 3.05) is 0 Å². The lowest BCUT2D eigenvalue weighted by Gasteiger charge is -2.13. The molecule has 246 valence electrons. The SMILES string of the molecule is c1ccc(-n2c3ccccc3c3cc(-c4ccnc(-n5c6ccccc6c6ccc7cc8c9ccccc9c9ccccc9n8c7c65)c4)ccc32)cc1. The van der Waals surface area contributed by atoms with E-state index in [2.05, 4.69) is 189 Å². The molecule has 0 radical (unpaired) electrons. The minimum Gasteiger partial charge on any atom is -0.309 e. The third-order valence-corrected chi connectivity index (χ3v) is 11.2. The van der Waals surface area contributed by atoms with Crippen molar-refractivity contribution >= 4 is 81.7 Å². The number of pyridine rings is 2. The molecule has 5 heterocycles. The Bertz CT molecular complexity index is 3450. The second-order valence-corrected chi connectivity index (χ2v) is 14.0.